The molecule has 2 heterocycles. The van der Waals surface area contributed by atoms with Crippen LogP contribution in [0.3, 0.4) is 0 Å². The third-order valence-electron chi connectivity index (χ3n) is 5.79. The highest BCUT2D eigenvalue weighted by Gasteiger charge is 2.26. The van der Waals surface area contributed by atoms with Crippen LogP contribution in [0, 0.1) is 16.3 Å². The fraction of sp³-hybridized carbons (Fsp3) is 0.250. The van der Waals surface area contributed by atoms with Crippen LogP contribution in [-0.2, 0) is 26.0 Å². The van der Waals surface area contributed by atoms with E-state index in [1.54, 1.807) is 32.9 Å². The molecule has 41 heavy (non-hydrogen) atoms. The van der Waals surface area contributed by atoms with Crippen molar-refractivity contribution in [1.29, 1.82) is 0 Å². The summed E-state index contributed by atoms with van der Waals surface area (Å²) in [5, 5.41) is 12.2. The first-order chi connectivity index (χ1) is 19.2. The van der Waals surface area contributed by atoms with Crippen molar-refractivity contribution in [1.82, 2.24) is 14.3 Å². The van der Waals surface area contributed by atoms with Crippen molar-refractivity contribution in [2.75, 3.05) is 0 Å². The summed E-state index contributed by atoms with van der Waals surface area (Å²) >= 11 is 1.96. The van der Waals surface area contributed by atoms with Gasteiger partial charge in [-0.3, -0.25) is 0 Å². The standard InChI is InChI=1S/C28H27FIN3O7S/c1-16-5-8-18(9-6-16)41(37,38)33-15-20(30)24-23(11-12-31-25(24)33)39-22-10-7-17(13-19(22)29)14-21(26(34)35)32-27(36)40-28(2,3)4/h5-13,15,21H,14H2,1-4H3,(H,32,36)(H,34,35). The number of nitrogens with one attached hydrogen (secondary N) is 1. The molecule has 4 aromatic rings. The van der Waals surface area contributed by atoms with Crippen LogP contribution in [0.15, 0.2) is 65.8 Å². The number of carboxylic acids is 1. The van der Waals surface area contributed by atoms with E-state index in [1.165, 1.54) is 42.7 Å². The fourth-order valence-corrected chi connectivity index (χ4v) is 6.20. The van der Waals surface area contributed by atoms with Gasteiger partial charge in [-0.1, -0.05) is 23.8 Å². The molecule has 0 saturated carbocycles. The molecule has 0 fully saturated rings. The van der Waals surface area contributed by atoms with Crippen LogP contribution < -0.4 is 10.1 Å². The van der Waals surface area contributed by atoms with E-state index >= 15 is 4.39 Å². The lowest BCUT2D eigenvalue weighted by molar-refractivity contribution is -0.139. The Morgan fingerprint density at radius 1 is 1.12 bits per heavy atom. The van der Waals surface area contributed by atoms with Crippen molar-refractivity contribution in [3.8, 4) is 11.5 Å². The lowest BCUT2D eigenvalue weighted by Gasteiger charge is -2.22. The number of fused-ring (bicyclic) bond motifs is 1. The largest absolute Gasteiger partial charge is 0.480 e. The average Bonchev–Trinajstić information content (AvgIpc) is 3.22. The smallest absolute Gasteiger partial charge is 0.408 e. The summed E-state index contributed by atoms with van der Waals surface area (Å²) in [7, 11) is -3.97. The number of halogens is 2. The number of rotatable bonds is 8. The van der Waals surface area contributed by atoms with Crippen LogP contribution >= 0.6 is 22.6 Å². The maximum Gasteiger partial charge on any atom is 0.408 e. The van der Waals surface area contributed by atoms with Crippen LogP contribution in [0.5, 0.6) is 11.5 Å². The quantitative estimate of drug-likeness (QED) is 0.226. The normalized spacial score (nSPS) is 12.6. The SMILES string of the molecule is Cc1ccc(S(=O)(=O)n2cc(I)c3c(Oc4ccc(CC(NC(=O)OC(C)(C)C)C(=O)O)cc4F)ccnc32)cc1. The Kier molecular flexibility index (Phi) is 8.59. The first-order valence-corrected chi connectivity index (χ1v) is 14.8. The number of hydrogen-bond donors (Lipinski definition) is 2. The highest BCUT2D eigenvalue weighted by Crippen LogP contribution is 2.36. The Morgan fingerprint density at radius 3 is 2.41 bits per heavy atom. The summed E-state index contributed by atoms with van der Waals surface area (Å²) < 4.78 is 54.3. The number of aliphatic carboxylic acids is 1. The number of alkyl carbamates (subject to hydrolysis) is 1. The van der Waals surface area contributed by atoms with Crippen LogP contribution in [0.1, 0.15) is 31.9 Å². The van der Waals surface area contributed by atoms with Crippen molar-refractivity contribution in [2.45, 2.75) is 50.7 Å². The lowest BCUT2D eigenvalue weighted by Crippen LogP contribution is -2.44. The number of hydrogen-bond acceptors (Lipinski definition) is 7. The van der Waals surface area contributed by atoms with Gasteiger partial charge in [0.15, 0.2) is 17.2 Å². The van der Waals surface area contributed by atoms with E-state index in [-0.39, 0.29) is 28.5 Å². The first-order valence-electron chi connectivity index (χ1n) is 12.3. The number of nitrogens with zero attached hydrogens (tertiary/aromatic N) is 2. The molecular formula is C28H27FIN3O7S. The predicted octanol–water partition coefficient (Wildman–Crippen LogP) is 5.64. The van der Waals surface area contributed by atoms with Gasteiger partial charge in [0, 0.05) is 22.4 Å². The van der Waals surface area contributed by atoms with Crippen LogP contribution in [0.25, 0.3) is 11.0 Å². The summed E-state index contributed by atoms with van der Waals surface area (Å²) in [4.78, 5) is 28.1. The second-order valence-corrected chi connectivity index (χ2v) is 13.2. The van der Waals surface area contributed by atoms with Crippen molar-refractivity contribution in [3.63, 3.8) is 0 Å². The van der Waals surface area contributed by atoms with Crippen molar-refractivity contribution < 1.29 is 37.0 Å². The predicted molar refractivity (Wildman–Crippen MR) is 157 cm³/mol. The van der Waals surface area contributed by atoms with Crippen LogP contribution in [0.2, 0.25) is 0 Å². The number of pyridine rings is 1. The Bertz CT molecular complexity index is 1730. The first kappa shape index (κ1) is 30.2. The van der Waals surface area contributed by atoms with Gasteiger partial charge in [-0.2, -0.15) is 0 Å². The number of carboxylic acid groups (broad SMARTS) is 1. The van der Waals surface area contributed by atoms with Crippen molar-refractivity contribution in [2.24, 2.45) is 0 Å². The summed E-state index contributed by atoms with van der Waals surface area (Å²) in [6.07, 6.45) is 1.67. The molecule has 0 aliphatic carbocycles. The Labute approximate surface area is 249 Å². The molecule has 0 bridgehead atoms. The van der Waals surface area contributed by atoms with Gasteiger partial charge < -0.3 is 19.9 Å². The zero-order chi connectivity index (χ0) is 30.1. The Balaban J connectivity index is 1.60. The molecule has 1 atom stereocenters. The molecule has 216 valence electrons. The van der Waals surface area contributed by atoms with Gasteiger partial charge in [0.1, 0.15) is 17.4 Å². The zero-order valence-corrected chi connectivity index (χ0v) is 25.5. The van der Waals surface area contributed by atoms with Gasteiger partial charge >= 0.3 is 12.1 Å². The molecule has 1 unspecified atom stereocenters. The van der Waals surface area contributed by atoms with Crippen molar-refractivity contribution >= 4 is 55.7 Å². The summed E-state index contributed by atoms with van der Waals surface area (Å²) in [6.45, 7) is 6.79. The van der Waals surface area contributed by atoms with E-state index in [1.807, 2.05) is 29.5 Å². The number of ether oxygens (including phenoxy) is 2. The fourth-order valence-electron chi connectivity index (χ4n) is 3.90. The summed E-state index contributed by atoms with van der Waals surface area (Å²) in [5.74, 6) is -2.08. The average molecular weight is 696 g/mol. The maximum absolute atomic E-state index is 15.1. The van der Waals surface area contributed by atoms with E-state index in [9.17, 15) is 23.1 Å². The van der Waals surface area contributed by atoms with E-state index in [0.29, 0.717) is 14.5 Å². The molecule has 4 rings (SSSR count). The molecule has 2 N–H and O–H groups in total. The van der Waals surface area contributed by atoms with E-state index in [4.69, 9.17) is 9.47 Å². The minimum atomic E-state index is -3.97. The summed E-state index contributed by atoms with van der Waals surface area (Å²) in [5.41, 5.74) is 0.501. The van der Waals surface area contributed by atoms with Crippen molar-refractivity contribution in [3.05, 3.63) is 81.4 Å². The molecule has 13 heteroatoms. The van der Waals surface area contributed by atoms with E-state index < -0.39 is 39.5 Å². The highest BCUT2D eigenvalue weighted by molar-refractivity contribution is 14.1. The number of carbonyl (C=O) groups excluding carboxylic acids is 1. The molecule has 10 nitrogen and oxygen atoms in total. The molecule has 0 spiro atoms. The van der Waals surface area contributed by atoms with Crippen LogP contribution in [-0.4, -0.2) is 46.2 Å². The second-order valence-electron chi connectivity index (χ2n) is 10.2. The number of aromatic nitrogens is 2. The third-order valence-corrected chi connectivity index (χ3v) is 8.28. The topological polar surface area (TPSA) is 137 Å². The van der Waals surface area contributed by atoms with E-state index in [0.717, 1.165) is 15.6 Å². The third kappa shape index (κ3) is 6.96. The van der Waals surface area contributed by atoms with Gasteiger partial charge in [0.05, 0.1) is 10.3 Å². The molecule has 0 saturated heterocycles. The lowest BCUT2D eigenvalue weighted by atomic mass is 10.1. The molecule has 2 aromatic carbocycles. The van der Waals surface area contributed by atoms with Gasteiger partial charge in [-0.25, -0.2) is 31.4 Å². The van der Waals surface area contributed by atoms with Crippen LogP contribution in [0.4, 0.5) is 9.18 Å². The second kappa shape index (κ2) is 11.6. The number of benzene rings is 2. The number of amides is 1. The molecule has 2 aromatic heterocycles. The Hall–Kier alpha value is -3.72. The summed E-state index contributed by atoms with van der Waals surface area (Å²) in [6, 6.07) is 10.5. The number of carbonyl (C=O) groups is 2. The molecule has 0 aliphatic heterocycles. The van der Waals surface area contributed by atoms with Gasteiger partial charge in [-0.05, 0) is 86.2 Å². The van der Waals surface area contributed by atoms with Gasteiger partial charge in [0.2, 0.25) is 0 Å². The monoisotopic (exact) mass is 695 g/mol. The zero-order valence-electron chi connectivity index (χ0n) is 22.5. The Morgan fingerprint density at radius 2 is 1.80 bits per heavy atom. The molecule has 1 amide bonds. The maximum atomic E-state index is 15.1. The van der Waals surface area contributed by atoms with Gasteiger partial charge in [-0.15, -0.1) is 0 Å². The van der Waals surface area contributed by atoms with E-state index in [2.05, 4.69) is 10.3 Å². The molecule has 0 radical (unpaired) electrons. The molecular weight excluding hydrogens is 668 g/mol. The van der Waals surface area contributed by atoms with Gasteiger partial charge in [0.25, 0.3) is 10.0 Å². The molecule has 0 aliphatic rings. The minimum absolute atomic E-state index is 0.0898. The number of aryl methyl sites for hydroxylation is 1. The minimum Gasteiger partial charge on any atom is -0.480 e. The highest BCUT2D eigenvalue weighted by atomic mass is 127.